The number of benzene rings is 1. The molecule has 1 aromatic heterocycles. The molecule has 0 bridgehead atoms. The van der Waals surface area contributed by atoms with E-state index in [9.17, 15) is 0 Å². The van der Waals surface area contributed by atoms with E-state index in [0.717, 1.165) is 54.5 Å². The van der Waals surface area contributed by atoms with Gasteiger partial charge in [-0.3, -0.25) is 0 Å². The maximum atomic E-state index is 5.18. The first kappa shape index (κ1) is 18.9. The fourth-order valence-corrected chi connectivity index (χ4v) is 3.93. The zero-order chi connectivity index (χ0) is 19.3. The van der Waals surface area contributed by atoms with Crippen LogP contribution in [0, 0.1) is 0 Å². The van der Waals surface area contributed by atoms with Crippen molar-refractivity contribution in [1.82, 2.24) is 15.2 Å². The van der Waals surface area contributed by atoms with Gasteiger partial charge in [0.25, 0.3) is 0 Å². The topological polar surface area (TPSA) is 61.8 Å². The average molecular weight is 380 g/mol. The summed E-state index contributed by atoms with van der Waals surface area (Å²) >= 11 is 0. The number of aliphatic imine (C=N–C) groups is 1. The summed E-state index contributed by atoms with van der Waals surface area (Å²) in [4.78, 5) is 11.6. The molecular formula is C22H29N5O. The Bertz CT molecular complexity index is 828. The number of hydrogen-bond acceptors (Lipinski definition) is 6. The number of fused-ring (bicyclic) bond motifs is 1. The summed E-state index contributed by atoms with van der Waals surface area (Å²) in [5, 5.41) is 6.86. The van der Waals surface area contributed by atoms with Gasteiger partial charge in [0.05, 0.1) is 24.3 Å². The number of piperidine rings is 1. The molecule has 1 aromatic carbocycles. The summed E-state index contributed by atoms with van der Waals surface area (Å²) in [6.07, 6.45) is 4.31. The predicted octanol–water partition coefficient (Wildman–Crippen LogP) is 3.38. The van der Waals surface area contributed by atoms with Gasteiger partial charge < -0.3 is 20.3 Å². The second-order valence-corrected chi connectivity index (χ2v) is 7.58. The molecule has 148 valence electrons. The van der Waals surface area contributed by atoms with Crippen LogP contribution in [-0.2, 0) is 11.3 Å². The Balaban J connectivity index is 1.62. The lowest BCUT2D eigenvalue weighted by Gasteiger charge is -2.24. The smallest absolute Gasteiger partial charge is 0.133 e. The van der Waals surface area contributed by atoms with E-state index in [-0.39, 0.29) is 0 Å². The number of ether oxygens (including phenoxy) is 1. The molecule has 1 fully saturated rings. The van der Waals surface area contributed by atoms with Gasteiger partial charge in [-0.15, -0.1) is 0 Å². The predicted molar refractivity (Wildman–Crippen MR) is 115 cm³/mol. The molecule has 2 N–H and O–H groups in total. The van der Waals surface area contributed by atoms with Crippen molar-refractivity contribution in [1.29, 1.82) is 0 Å². The molecule has 3 heterocycles. The second-order valence-electron chi connectivity index (χ2n) is 7.58. The molecule has 0 aliphatic carbocycles. The molecule has 2 aliphatic rings. The number of pyridine rings is 1. The van der Waals surface area contributed by atoms with Crippen molar-refractivity contribution in [2.75, 3.05) is 45.7 Å². The number of methoxy groups -OCH3 is 1. The monoisotopic (exact) mass is 379 g/mol. The van der Waals surface area contributed by atoms with E-state index >= 15 is 0 Å². The lowest BCUT2D eigenvalue weighted by Crippen LogP contribution is -2.26. The molecule has 2 aliphatic heterocycles. The van der Waals surface area contributed by atoms with Crippen molar-refractivity contribution in [3.63, 3.8) is 0 Å². The molecule has 0 radical (unpaired) electrons. The van der Waals surface area contributed by atoms with Crippen LogP contribution in [-0.4, -0.2) is 56.6 Å². The fourth-order valence-electron chi connectivity index (χ4n) is 3.93. The van der Waals surface area contributed by atoms with E-state index in [0.29, 0.717) is 12.5 Å². The number of anilines is 1. The summed E-state index contributed by atoms with van der Waals surface area (Å²) in [6, 6.07) is 11.0. The average Bonchev–Trinajstić information content (AvgIpc) is 2.75. The van der Waals surface area contributed by atoms with Gasteiger partial charge in [-0.1, -0.05) is 24.3 Å². The normalized spacial score (nSPS) is 16.9. The number of hydrogen-bond donors (Lipinski definition) is 2. The van der Waals surface area contributed by atoms with E-state index in [1.54, 1.807) is 7.11 Å². The van der Waals surface area contributed by atoms with Gasteiger partial charge in [0, 0.05) is 38.4 Å². The van der Waals surface area contributed by atoms with Crippen molar-refractivity contribution < 1.29 is 4.74 Å². The quantitative estimate of drug-likeness (QED) is 0.754. The van der Waals surface area contributed by atoms with Crippen molar-refractivity contribution in [2.45, 2.75) is 25.3 Å². The first-order valence-corrected chi connectivity index (χ1v) is 10.1. The van der Waals surface area contributed by atoms with Gasteiger partial charge in [-0.05, 0) is 43.5 Å². The SMILES string of the molecule is COCCNc1nc(-c2ccc(C3CCNCC3)cc2)cc2c1CN(C)C=N2. The maximum absolute atomic E-state index is 5.18. The van der Waals surface area contributed by atoms with E-state index in [4.69, 9.17) is 9.72 Å². The molecule has 6 nitrogen and oxygen atoms in total. The van der Waals surface area contributed by atoms with Crippen LogP contribution in [0.3, 0.4) is 0 Å². The highest BCUT2D eigenvalue weighted by molar-refractivity contribution is 5.76. The zero-order valence-electron chi connectivity index (χ0n) is 16.7. The van der Waals surface area contributed by atoms with Crippen LogP contribution >= 0.6 is 0 Å². The Hall–Kier alpha value is -2.44. The maximum Gasteiger partial charge on any atom is 0.133 e. The van der Waals surface area contributed by atoms with Gasteiger partial charge in [0.1, 0.15) is 5.82 Å². The summed E-state index contributed by atoms with van der Waals surface area (Å²) in [5.41, 5.74) is 5.64. The summed E-state index contributed by atoms with van der Waals surface area (Å²) in [7, 11) is 3.74. The van der Waals surface area contributed by atoms with E-state index < -0.39 is 0 Å². The van der Waals surface area contributed by atoms with Gasteiger partial charge in [-0.25, -0.2) is 9.98 Å². The lowest BCUT2D eigenvalue weighted by atomic mass is 9.89. The first-order valence-electron chi connectivity index (χ1n) is 10.1. The van der Waals surface area contributed by atoms with Crippen molar-refractivity contribution >= 4 is 17.8 Å². The van der Waals surface area contributed by atoms with Crippen LogP contribution in [0.5, 0.6) is 0 Å². The Morgan fingerprint density at radius 1 is 1.21 bits per heavy atom. The molecule has 0 atom stereocenters. The highest BCUT2D eigenvalue weighted by Gasteiger charge is 2.18. The minimum atomic E-state index is 0.644. The first-order chi connectivity index (χ1) is 13.7. The van der Waals surface area contributed by atoms with Gasteiger partial charge >= 0.3 is 0 Å². The molecule has 0 saturated carbocycles. The largest absolute Gasteiger partial charge is 0.383 e. The third-order valence-corrected chi connectivity index (χ3v) is 5.52. The standard InChI is InChI=1S/C22H29N5O/c1-27-14-19-21(25-15-27)13-20(26-22(19)24-11-12-28-2)18-5-3-16(4-6-18)17-7-9-23-10-8-17/h3-6,13,15,17,23H,7-12,14H2,1-2H3,(H,24,26). The Labute approximate surface area is 167 Å². The van der Waals surface area contributed by atoms with Crippen molar-refractivity contribution in [3.8, 4) is 11.3 Å². The highest BCUT2D eigenvalue weighted by atomic mass is 16.5. The third-order valence-electron chi connectivity index (χ3n) is 5.52. The highest BCUT2D eigenvalue weighted by Crippen LogP contribution is 2.34. The van der Waals surface area contributed by atoms with Crippen LogP contribution in [0.25, 0.3) is 11.3 Å². The molecule has 0 unspecified atom stereocenters. The minimum absolute atomic E-state index is 0.644. The molecule has 0 amide bonds. The van der Waals surface area contributed by atoms with Crippen LogP contribution in [0.2, 0.25) is 0 Å². The van der Waals surface area contributed by atoms with E-state index in [1.807, 2.05) is 13.4 Å². The summed E-state index contributed by atoms with van der Waals surface area (Å²) in [6.45, 7) is 4.39. The van der Waals surface area contributed by atoms with Crippen molar-refractivity contribution in [3.05, 3.63) is 41.5 Å². The third kappa shape index (κ3) is 4.18. The minimum Gasteiger partial charge on any atom is -0.383 e. The van der Waals surface area contributed by atoms with Crippen LogP contribution in [0.1, 0.15) is 29.9 Å². The second kappa shape index (κ2) is 8.71. The number of nitrogens with one attached hydrogen (secondary N) is 2. The molecule has 4 rings (SSSR count). The van der Waals surface area contributed by atoms with Gasteiger partial charge in [-0.2, -0.15) is 0 Å². The summed E-state index contributed by atoms with van der Waals surface area (Å²) < 4.78 is 5.18. The Morgan fingerprint density at radius 3 is 2.75 bits per heavy atom. The lowest BCUT2D eigenvalue weighted by molar-refractivity contribution is 0.210. The molecule has 1 saturated heterocycles. The molecular weight excluding hydrogens is 350 g/mol. The summed E-state index contributed by atoms with van der Waals surface area (Å²) in [5.74, 6) is 1.56. The van der Waals surface area contributed by atoms with Crippen LogP contribution in [0.4, 0.5) is 11.5 Å². The van der Waals surface area contributed by atoms with E-state index in [2.05, 4.69) is 50.9 Å². The zero-order valence-corrected chi connectivity index (χ0v) is 16.7. The molecule has 2 aromatic rings. The molecule has 6 heteroatoms. The number of rotatable bonds is 6. The number of nitrogens with zero attached hydrogens (tertiary/aromatic N) is 3. The van der Waals surface area contributed by atoms with Crippen LogP contribution in [0.15, 0.2) is 35.3 Å². The Kier molecular flexibility index (Phi) is 5.88. The Morgan fingerprint density at radius 2 is 2.00 bits per heavy atom. The number of aromatic nitrogens is 1. The van der Waals surface area contributed by atoms with Crippen LogP contribution < -0.4 is 10.6 Å². The molecule has 0 spiro atoms. The fraction of sp³-hybridized carbons (Fsp3) is 0.455. The molecule has 28 heavy (non-hydrogen) atoms. The van der Waals surface area contributed by atoms with Gasteiger partial charge in [0.15, 0.2) is 0 Å². The van der Waals surface area contributed by atoms with E-state index in [1.165, 1.54) is 18.4 Å². The van der Waals surface area contributed by atoms with Crippen molar-refractivity contribution in [2.24, 2.45) is 4.99 Å². The van der Waals surface area contributed by atoms with Gasteiger partial charge in [0.2, 0.25) is 0 Å².